The maximum atomic E-state index is 12.5. The van der Waals surface area contributed by atoms with Gasteiger partial charge in [0.1, 0.15) is 0 Å². The molecule has 2 N–H and O–H groups in total. The highest BCUT2D eigenvalue weighted by molar-refractivity contribution is 7.80. The summed E-state index contributed by atoms with van der Waals surface area (Å²) >= 11 is -2.18. The van der Waals surface area contributed by atoms with Gasteiger partial charge < -0.3 is 15.0 Å². The number of nitrogens with zero attached hydrogens (tertiary/aromatic N) is 2. The summed E-state index contributed by atoms with van der Waals surface area (Å²) < 4.78 is 29.5. The molecular weight excluding hydrogens is 462 g/mol. The van der Waals surface area contributed by atoms with Gasteiger partial charge in [0.15, 0.2) is 0 Å². The highest BCUT2D eigenvalue weighted by Crippen LogP contribution is 2.33. The predicted molar refractivity (Wildman–Crippen MR) is 141 cm³/mol. The van der Waals surface area contributed by atoms with Crippen molar-refractivity contribution < 1.29 is 18.3 Å². The van der Waals surface area contributed by atoms with Gasteiger partial charge in [-0.05, 0) is 55.3 Å². The highest BCUT2D eigenvalue weighted by atomic mass is 32.2. The van der Waals surface area contributed by atoms with E-state index in [4.69, 9.17) is 4.74 Å². The molecule has 8 heteroatoms. The lowest BCUT2D eigenvalue weighted by Gasteiger charge is -2.37. The number of ether oxygens (including phenoxy) is 1. The first kappa shape index (κ1) is 25.2. The molecule has 0 aromatic heterocycles. The Bertz CT molecular complexity index is 1150. The lowest BCUT2D eigenvalue weighted by atomic mass is 10.00. The first-order valence-corrected chi connectivity index (χ1v) is 13.2. The Labute approximate surface area is 209 Å². The average Bonchev–Trinajstić information content (AvgIpc) is 2.88. The molecule has 0 aliphatic carbocycles. The van der Waals surface area contributed by atoms with Crippen LogP contribution in [0.5, 0.6) is 0 Å². The van der Waals surface area contributed by atoms with Crippen LogP contribution in [0.25, 0.3) is 10.8 Å². The quantitative estimate of drug-likeness (QED) is 0.331. The van der Waals surface area contributed by atoms with Gasteiger partial charge >= 0.3 is 6.09 Å². The smallest absolute Gasteiger partial charge is 0.409 e. The first-order chi connectivity index (χ1) is 17.1. The van der Waals surface area contributed by atoms with Crippen LogP contribution in [0, 0.1) is 0 Å². The molecular formula is C27H33N3O4S. The molecule has 1 heterocycles. The fourth-order valence-corrected chi connectivity index (χ4v) is 5.49. The molecule has 1 fully saturated rings. The number of anilines is 1. The summed E-state index contributed by atoms with van der Waals surface area (Å²) in [5.74, 6) is 0. The summed E-state index contributed by atoms with van der Waals surface area (Å²) in [7, 11) is 0. The van der Waals surface area contributed by atoms with Crippen LogP contribution in [0.15, 0.2) is 66.7 Å². The molecule has 0 saturated carbocycles. The lowest BCUT2D eigenvalue weighted by Crippen LogP contribution is -2.47. The number of amides is 1. The summed E-state index contributed by atoms with van der Waals surface area (Å²) in [6.07, 6.45) is 1.83. The van der Waals surface area contributed by atoms with Crippen LogP contribution < -0.4 is 9.62 Å². The molecule has 0 spiro atoms. The Morgan fingerprint density at radius 2 is 1.74 bits per heavy atom. The van der Waals surface area contributed by atoms with E-state index in [1.165, 1.54) is 5.56 Å². The van der Waals surface area contributed by atoms with Crippen molar-refractivity contribution in [2.45, 2.75) is 38.8 Å². The minimum Gasteiger partial charge on any atom is -0.450 e. The van der Waals surface area contributed by atoms with E-state index in [0.29, 0.717) is 39.1 Å². The second-order valence-electron chi connectivity index (χ2n) is 8.68. The number of benzene rings is 3. The SMILES string of the molecule is CCOC(=O)N1CCC(N(c2ccc(CNCCc3ccccc3)c3ccccc23)S(=O)O)CC1. The van der Waals surface area contributed by atoms with E-state index in [-0.39, 0.29) is 12.1 Å². The molecule has 1 amide bonds. The zero-order valence-corrected chi connectivity index (χ0v) is 20.9. The molecule has 7 nitrogen and oxygen atoms in total. The Morgan fingerprint density at radius 3 is 2.43 bits per heavy atom. The van der Waals surface area contributed by atoms with Gasteiger partial charge in [0.2, 0.25) is 0 Å². The summed E-state index contributed by atoms with van der Waals surface area (Å²) in [5, 5.41) is 5.55. The second kappa shape index (κ2) is 12.2. The maximum Gasteiger partial charge on any atom is 0.409 e. The van der Waals surface area contributed by atoms with Crippen molar-refractivity contribution in [2.75, 3.05) is 30.5 Å². The number of piperidine rings is 1. The minimum atomic E-state index is -2.18. The lowest BCUT2D eigenvalue weighted by molar-refractivity contribution is 0.0976. The minimum absolute atomic E-state index is 0.148. The van der Waals surface area contributed by atoms with Crippen molar-refractivity contribution in [2.24, 2.45) is 0 Å². The third-order valence-electron chi connectivity index (χ3n) is 6.47. The summed E-state index contributed by atoms with van der Waals surface area (Å²) in [5.41, 5.74) is 3.19. The van der Waals surface area contributed by atoms with E-state index in [1.807, 2.05) is 36.4 Å². The maximum absolute atomic E-state index is 12.5. The Kier molecular flexibility index (Phi) is 8.74. The molecule has 3 aromatic rings. The Morgan fingerprint density at radius 1 is 1.06 bits per heavy atom. The van der Waals surface area contributed by atoms with E-state index in [0.717, 1.165) is 35.0 Å². The number of rotatable bonds is 9. The summed E-state index contributed by atoms with van der Waals surface area (Å²) in [6.45, 7) is 4.71. The zero-order valence-electron chi connectivity index (χ0n) is 20.1. The molecule has 0 bridgehead atoms. The predicted octanol–water partition coefficient (Wildman–Crippen LogP) is 4.74. The third kappa shape index (κ3) is 6.20. The van der Waals surface area contributed by atoms with Crippen LogP contribution in [0.3, 0.4) is 0 Å². The fourth-order valence-electron chi connectivity index (χ4n) is 4.70. The van der Waals surface area contributed by atoms with Gasteiger partial charge in [-0.15, -0.1) is 0 Å². The average molecular weight is 496 g/mol. The van der Waals surface area contributed by atoms with Gasteiger partial charge in [-0.2, -0.15) is 0 Å². The van der Waals surface area contributed by atoms with Gasteiger partial charge in [-0.3, -0.25) is 8.86 Å². The van der Waals surface area contributed by atoms with Crippen LogP contribution in [0.1, 0.15) is 30.9 Å². The highest BCUT2D eigenvalue weighted by Gasteiger charge is 2.31. The molecule has 1 atom stereocenters. The van der Waals surface area contributed by atoms with E-state index >= 15 is 0 Å². The largest absolute Gasteiger partial charge is 0.450 e. The van der Waals surface area contributed by atoms with E-state index in [2.05, 4.69) is 35.6 Å². The monoisotopic (exact) mass is 495 g/mol. The molecule has 1 aliphatic rings. The van der Waals surface area contributed by atoms with Gasteiger partial charge in [0, 0.05) is 31.1 Å². The number of likely N-dealkylation sites (tertiary alicyclic amines) is 1. The molecule has 4 rings (SSSR count). The summed E-state index contributed by atoms with van der Waals surface area (Å²) in [6, 6.07) is 22.3. The van der Waals surface area contributed by atoms with Crippen LogP contribution in [-0.2, 0) is 29.0 Å². The molecule has 0 radical (unpaired) electrons. The number of carbonyl (C=O) groups is 1. The fraction of sp³-hybridized carbons (Fsp3) is 0.370. The van der Waals surface area contributed by atoms with Crippen molar-refractivity contribution in [3.05, 3.63) is 77.9 Å². The van der Waals surface area contributed by atoms with Crippen LogP contribution >= 0.6 is 0 Å². The molecule has 186 valence electrons. The zero-order chi connectivity index (χ0) is 24.6. The molecule has 1 aliphatic heterocycles. The van der Waals surface area contributed by atoms with Crippen molar-refractivity contribution in [1.29, 1.82) is 0 Å². The van der Waals surface area contributed by atoms with Crippen LogP contribution in [0.4, 0.5) is 10.5 Å². The van der Waals surface area contributed by atoms with Crippen molar-refractivity contribution in [3.8, 4) is 0 Å². The number of fused-ring (bicyclic) bond motifs is 1. The van der Waals surface area contributed by atoms with Gasteiger partial charge in [0.05, 0.1) is 12.3 Å². The van der Waals surface area contributed by atoms with Crippen molar-refractivity contribution >= 4 is 33.8 Å². The van der Waals surface area contributed by atoms with E-state index in [1.54, 1.807) is 16.1 Å². The standard InChI is InChI=1S/C27H33N3O4S/c1-2-34-27(31)29-18-15-23(16-19-29)30(35(32)33)26-13-12-22(24-10-6-7-11-25(24)26)20-28-17-14-21-8-4-3-5-9-21/h3-13,23,28H,2,14-20H2,1H3,(H,32,33). The normalized spacial score (nSPS) is 15.2. The number of carbonyl (C=O) groups excluding carboxylic acids is 1. The van der Waals surface area contributed by atoms with E-state index in [9.17, 15) is 13.6 Å². The Balaban J connectivity index is 1.49. The van der Waals surface area contributed by atoms with Gasteiger partial charge in [-0.1, -0.05) is 60.7 Å². The van der Waals surface area contributed by atoms with Crippen LogP contribution in [-0.4, -0.2) is 52.0 Å². The van der Waals surface area contributed by atoms with Crippen LogP contribution in [0.2, 0.25) is 0 Å². The molecule has 1 unspecified atom stereocenters. The second-order valence-corrected chi connectivity index (χ2v) is 9.53. The first-order valence-electron chi connectivity index (χ1n) is 12.2. The molecule has 1 saturated heterocycles. The Hall–Kier alpha value is -2.94. The topological polar surface area (TPSA) is 82.1 Å². The van der Waals surface area contributed by atoms with Gasteiger partial charge in [0.25, 0.3) is 11.3 Å². The molecule has 3 aromatic carbocycles. The van der Waals surface area contributed by atoms with Crippen molar-refractivity contribution in [1.82, 2.24) is 10.2 Å². The number of nitrogens with one attached hydrogen (secondary N) is 1. The van der Waals surface area contributed by atoms with Gasteiger partial charge in [-0.25, -0.2) is 9.00 Å². The van der Waals surface area contributed by atoms with E-state index < -0.39 is 11.3 Å². The van der Waals surface area contributed by atoms with Crippen molar-refractivity contribution in [3.63, 3.8) is 0 Å². The third-order valence-corrected chi connectivity index (χ3v) is 7.30. The molecule has 35 heavy (non-hydrogen) atoms. The summed E-state index contributed by atoms with van der Waals surface area (Å²) in [4.78, 5) is 13.7. The number of hydrogen-bond acceptors (Lipinski definition) is 4. The number of hydrogen-bond donors (Lipinski definition) is 2.